The number of ether oxygens (including phenoxy) is 2. The molecule has 0 unspecified atom stereocenters. The maximum Gasteiger partial charge on any atom is 0.387 e. The lowest BCUT2D eigenvalue weighted by atomic mass is 10.2. The number of carbonyl (C=O) groups is 3. The molecule has 10 heteroatoms. The number of hydrogen-bond acceptors (Lipinski definition) is 5. The highest BCUT2D eigenvalue weighted by Gasteiger charge is 2.23. The topological polar surface area (TPSA) is 106 Å². The first-order valence-corrected chi connectivity index (χ1v) is 7.86. The lowest BCUT2D eigenvalue weighted by Gasteiger charge is -2.11. The Morgan fingerprint density at radius 3 is 2.42 bits per heavy atom. The number of methoxy groups -OCH3 is 1. The van der Waals surface area contributed by atoms with E-state index in [1.165, 1.54) is 25.3 Å². The number of hydrogen-bond donors (Lipinski definition) is 3. The van der Waals surface area contributed by atoms with E-state index >= 15 is 0 Å². The van der Waals surface area contributed by atoms with Gasteiger partial charge in [0.25, 0.3) is 5.91 Å². The summed E-state index contributed by atoms with van der Waals surface area (Å²) < 4.78 is 33.7. The smallest absolute Gasteiger partial charge is 0.387 e. The van der Waals surface area contributed by atoms with Gasteiger partial charge in [0.05, 0.1) is 20.2 Å². The van der Waals surface area contributed by atoms with Crippen molar-refractivity contribution in [3.63, 3.8) is 0 Å². The Hall–Kier alpha value is -2.91. The molecule has 0 radical (unpaired) electrons. The second-order valence-corrected chi connectivity index (χ2v) is 5.55. The first kappa shape index (κ1) is 19.4. The van der Waals surface area contributed by atoms with Crippen LogP contribution in [0.5, 0.6) is 11.5 Å². The molecule has 0 atom stereocenters. The third-order valence-corrected chi connectivity index (χ3v) is 3.44. The van der Waals surface area contributed by atoms with Gasteiger partial charge in [0.2, 0.25) is 11.8 Å². The highest BCUT2D eigenvalue weighted by atomic mass is 19.3. The van der Waals surface area contributed by atoms with E-state index in [9.17, 15) is 23.2 Å². The standard InChI is InChI=1S/C16H19F2N3O5/c1-25-12-6-9(2-5-11(12)26-16(17)18)15(24)20-7-13(22)19-8-14(23)21-10-3-4-10/h2,5-6,10,16H,3-4,7-8H2,1H3,(H,19,22)(H,20,24)(H,21,23). The summed E-state index contributed by atoms with van der Waals surface area (Å²) in [6, 6.07) is 3.85. The highest BCUT2D eigenvalue weighted by Crippen LogP contribution is 2.29. The van der Waals surface area contributed by atoms with Crippen LogP contribution in [0.1, 0.15) is 23.2 Å². The third kappa shape index (κ3) is 6.19. The van der Waals surface area contributed by atoms with E-state index in [2.05, 4.69) is 20.7 Å². The lowest BCUT2D eigenvalue weighted by molar-refractivity contribution is -0.125. The zero-order chi connectivity index (χ0) is 19.1. The molecular formula is C16H19F2N3O5. The van der Waals surface area contributed by atoms with Crippen molar-refractivity contribution in [3.8, 4) is 11.5 Å². The fourth-order valence-electron chi connectivity index (χ4n) is 2.01. The van der Waals surface area contributed by atoms with E-state index in [4.69, 9.17) is 4.74 Å². The van der Waals surface area contributed by atoms with Crippen LogP contribution in [0.3, 0.4) is 0 Å². The van der Waals surface area contributed by atoms with Gasteiger partial charge in [-0.1, -0.05) is 0 Å². The largest absolute Gasteiger partial charge is 0.493 e. The van der Waals surface area contributed by atoms with Crippen molar-refractivity contribution in [2.75, 3.05) is 20.2 Å². The molecule has 0 bridgehead atoms. The monoisotopic (exact) mass is 371 g/mol. The molecule has 3 amide bonds. The maximum absolute atomic E-state index is 12.3. The van der Waals surface area contributed by atoms with Gasteiger partial charge in [-0.3, -0.25) is 14.4 Å². The summed E-state index contributed by atoms with van der Waals surface area (Å²) in [4.78, 5) is 35.1. The molecule has 0 saturated heterocycles. The van der Waals surface area contributed by atoms with Crippen molar-refractivity contribution in [1.29, 1.82) is 0 Å². The van der Waals surface area contributed by atoms with Crippen LogP contribution < -0.4 is 25.4 Å². The molecule has 0 spiro atoms. The average Bonchev–Trinajstić information content (AvgIpc) is 3.41. The predicted molar refractivity (Wildman–Crippen MR) is 86.1 cm³/mol. The van der Waals surface area contributed by atoms with Crippen molar-refractivity contribution < 1.29 is 32.6 Å². The normalized spacial score (nSPS) is 13.1. The Balaban J connectivity index is 1.80. The van der Waals surface area contributed by atoms with Gasteiger partial charge >= 0.3 is 6.61 Å². The average molecular weight is 371 g/mol. The van der Waals surface area contributed by atoms with Gasteiger partial charge in [-0.2, -0.15) is 8.78 Å². The van der Waals surface area contributed by atoms with E-state index in [0.29, 0.717) is 0 Å². The van der Waals surface area contributed by atoms with Crippen molar-refractivity contribution in [3.05, 3.63) is 23.8 Å². The van der Waals surface area contributed by atoms with Crippen molar-refractivity contribution in [2.45, 2.75) is 25.5 Å². The van der Waals surface area contributed by atoms with Crippen LogP contribution in [-0.4, -0.2) is 50.6 Å². The molecular weight excluding hydrogens is 352 g/mol. The van der Waals surface area contributed by atoms with Gasteiger partial charge in [0.15, 0.2) is 11.5 Å². The summed E-state index contributed by atoms with van der Waals surface area (Å²) in [5, 5.41) is 7.45. The molecule has 26 heavy (non-hydrogen) atoms. The summed E-state index contributed by atoms with van der Waals surface area (Å²) in [6.07, 6.45) is 1.89. The first-order valence-electron chi connectivity index (χ1n) is 7.86. The number of amides is 3. The number of alkyl halides is 2. The fraction of sp³-hybridized carbons (Fsp3) is 0.438. The minimum Gasteiger partial charge on any atom is -0.493 e. The van der Waals surface area contributed by atoms with E-state index in [-0.39, 0.29) is 42.1 Å². The zero-order valence-corrected chi connectivity index (χ0v) is 14.0. The minimum absolute atomic E-state index is 0.0425. The molecule has 1 saturated carbocycles. The molecule has 1 fully saturated rings. The molecule has 8 nitrogen and oxygen atoms in total. The second kappa shape index (κ2) is 8.97. The zero-order valence-electron chi connectivity index (χ0n) is 14.0. The van der Waals surface area contributed by atoms with Gasteiger partial charge < -0.3 is 25.4 Å². The van der Waals surface area contributed by atoms with Crippen LogP contribution in [0.2, 0.25) is 0 Å². The number of nitrogens with one attached hydrogen (secondary N) is 3. The summed E-state index contributed by atoms with van der Waals surface area (Å²) in [5.74, 6) is -1.68. The Morgan fingerprint density at radius 1 is 1.12 bits per heavy atom. The quantitative estimate of drug-likeness (QED) is 0.584. The van der Waals surface area contributed by atoms with Crippen molar-refractivity contribution >= 4 is 17.7 Å². The summed E-state index contributed by atoms with van der Waals surface area (Å²) in [6.45, 7) is -3.53. The molecule has 1 aromatic carbocycles. The van der Waals surface area contributed by atoms with Crippen LogP contribution in [0.15, 0.2) is 18.2 Å². The summed E-state index contributed by atoms with van der Waals surface area (Å²) >= 11 is 0. The fourth-order valence-corrected chi connectivity index (χ4v) is 2.01. The molecule has 1 aliphatic rings. The van der Waals surface area contributed by atoms with E-state index in [1.807, 2.05) is 0 Å². The lowest BCUT2D eigenvalue weighted by Crippen LogP contribution is -2.42. The predicted octanol–water partition coefficient (Wildman–Crippen LogP) is 0.421. The summed E-state index contributed by atoms with van der Waals surface area (Å²) in [5.41, 5.74) is 0.0998. The maximum atomic E-state index is 12.3. The molecule has 1 aliphatic carbocycles. The molecule has 142 valence electrons. The molecule has 0 aromatic heterocycles. The van der Waals surface area contributed by atoms with Crippen molar-refractivity contribution in [2.24, 2.45) is 0 Å². The molecule has 3 N–H and O–H groups in total. The van der Waals surface area contributed by atoms with E-state index < -0.39 is 18.4 Å². The third-order valence-electron chi connectivity index (χ3n) is 3.44. The van der Waals surface area contributed by atoms with Crippen LogP contribution in [0.25, 0.3) is 0 Å². The molecule has 0 aliphatic heterocycles. The molecule has 2 rings (SSSR count). The Bertz CT molecular complexity index is 680. The van der Waals surface area contributed by atoms with Gasteiger partial charge in [-0.05, 0) is 31.0 Å². The number of rotatable bonds is 9. The number of carbonyl (C=O) groups excluding carboxylic acids is 3. The second-order valence-electron chi connectivity index (χ2n) is 5.55. The van der Waals surface area contributed by atoms with Gasteiger partial charge in [-0.15, -0.1) is 0 Å². The van der Waals surface area contributed by atoms with Crippen LogP contribution in [0, 0.1) is 0 Å². The van der Waals surface area contributed by atoms with E-state index in [0.717, 1.165) is 12.8 Å². The Morgan fingerprint density at radius 2 is 1.81 bits per heavy atom. The van der Waals surface area contributed by atoms with Crippen LogP contribution in [0.4, 0.5) is 8.78 Å². The van der Waals surface area contributed by atoms with Crippen molar-refractivity contribution in [1.82, 2.24) is 16.0 Å². The van der Waals surface area contributed by atoms with Gasteiger partial charge in [0.1, 0.15) is 0 Å². The number of halogens is 2. The SMILES string of the molecule is COc1cc(C(=O)NCC(=O)NCC(=O)NC2CC2)ccc1OC(F)F. The van der Waals surface area contributed by atoms with E-state index in [1.54, 1.807) is 0 Å². The molecule has 1 aromatic rings. The highest BCUT2D eigenvalue weighted by molar-refractivity contribution is 5.97. The minimum atomic E-state index is -3.02. The first-order chi connectivity index (χ1) is 12.4. The Labute approximate surface area is 148 Å². The van der Waals surface area contributed by atoms with Crippen LogP contribution >= 0.6 is 0 Å². The Kier molecular flexibility index (Phi) is 6.70. The summed E-state index contributed by atoms with van der Waals surface area (Å²) in [7, 11) is 1.25. The van der Waals surface area contributed by atoms with Crippen LogP contribution in [-0.2, 0) is 9.59 Å². The molecule has 0 heterocycles. The van der Waals surface area contributed by atoms with Gasteiger partial charge in [-0.25, -0.2) is 0 Å². The number of benzene rings is 1. The van der Waals surface area contributed by atoms with Gasteiger partial charge in [0, 0.05) is 11.6 Å².